The van der Waals surface area contributed by atoms with Gasteiger partial charge in [-0.05, 0) is 64.3 Å². The number of rotatable bonds is 5. The number of piperidine rings is 1. The third-order valence-electron chi connectivity index (χ3n) is 7.00. The molecule has 0 radical (unpaired) electrons. The number of carbonyl (C=O) groups is 1. The van der Waals surface area contributed by atoms with E-state index in [2.05, 4.69) is 15.0 Å². The zero-order valence-electron chi connectivity index (χ0n) is 19.5. The minimum atomic E-state index is -1.02. The lowest BCUT2D eigenvalue weighted by Gasteiger charge is -2.31. The second-order valence-corrected chi connectivity index (χ2v) is 9.14. The average Bonchev–Trinajstić information content (AvgIpc) is 3.22. The van der Waals surface area contributed by atoms with E-state index in [0.717, 1.165) is 56.1 Å². The summed E-state index contributed by atoms with van der Waals surface area (Å²) in [6.07, 6.45) is 4.95. The second kappa shape index (κ2) is 10.3. The smallest absolute Gasteiger partial charge is 0.328 e. The van der Waals surface area contributed by atoms with Crippen LogP contribution < -0.4 is 5.56 Å². The van der Waals surface area contributed by atoms with Gasteiger partial charge in [0.15, 0.2) is 5.58 Å². The highest BCUT2D eigenvalue weighted by Crippen LogP contribution is 2.33. The number of aryl methyl sites for hydroxylation is 1. The summed E-state index contributed by atoms with van der Waals surface area (Å²) in [5, 5.41) is 14.2. The number of nitrogens with zero attached hydrogens (tertiary/aromatic N) is 4. The standard InChI is InChI=1S/C25H27FN4O4.ClH/c1-15-19(25(33)30-9-2-3-17(13-22(31)32)24(30)27-15)8-12-29-10-6-16(7-11-29)23-20-5-4-18(26)14-21(20)34-28-23;/h4-5,13-14,16H,2-3,6-12H2,1H3,(H,31,32);1H/b17-13+;. The third kappa shape index (κ3) is 5.01. The van der Waals surface area contributed by atoms with E-state index >= 15 is 0 Å². The van der Waals surface area contributed by atoms with Gasteiger partial charge in [0, 0.05) is 53.4 Å². The predicted molar refractivity (Wildman–Crippen MR) is 131 cm³/mol. The molecule has 1 aromatic carbocycles. The number of carboxylic acid groups (broad SMARTS) is 1. The molecule has 8 nitrogen and oxygen atoms in total. The molecular weight excluding hydrogens is 475 g/mol. The molecule has 4 heterocycles. The van der Waals surface area contributed by atoms with Crippen molar-refractivity contribution in [3.8, 4) is 0 Å². The quantitative estimate of drug-likeness (QED) is 0.527. The monoisotopic (exact) mass is 502 g/mol. The zero-order chi connectivity index (χ0) is 23.8. The fourth-order valence-corrected chi connectivity index (χ4v) is 5.19. The molecule has 0 aliphatic carbocycles. The van der Waals surface area contributed by atoms with Crippen LogP contribution >= 0.6 is 12.4 Å². The number of hydrogen-bond donors (Lipinski definition) is 1. The van der Waals surface area contributed by atoms with Crippen molar-refractivity contribution >= 4 is 34.9 Å². The number of likely N-dealkylation sites (tertiary alicyclic amines) is 1. The first-order valence-electron chi connectivity index (χ1n) is 11.7. The normalized spacial score (nSPS) is 17.9. The van der Waals surface area contributed by atoms with E-state index in [0.29, 0.717) is 47.6 Å². The van der Waals surface area contributed by atoms with Crippen LogP contribution in [0.15, 0.2) is 33.6 Å². The van der Waals surface area contributed by atoms with Crippen molar-refractivity contribution in [1.29, 1.82) is 0 Å². The molecule has 0 spiro atoms. The number of benzene rings is 1. The van der Waals surface area contributed by atoms with Crippen molar-refractivity contribution in [3.05, 3.63) is 63.2 Å². The van der Waals surface area contributed by atoms with E-state index in [4.69, 9.17) is 9.63 Å². The summed E-state index contributed by atoms with van der Waals surface area (Å²) >= 11 is 0. The lowest BCUT2D eigenvalue weighted by molar-refractivity contribution is -0.131. The Bertz CT molecular complexity index is 1340. The summed E-state index contributed by atoms with van der Waals surface area (Å²) < 4.78 is 20.4. The Labute approximate surface area is 207 Å². The van der Waals surface area contributed by atoms with Gasteiger partial charge >= 0.3 is 5.97 Å². The highest BCUT2D eigenvalue weighted by molar-refractivity contribution is 5.89. The van der Waals surface area contributed by atoms with Gasteiger partial charge in [-0.1, -0.05) is 5.16 Å². The first kappa shape index (κ1) is 25.1. The summed E-state index contributed by atoms with van der Waals surface area (Å²) in [6.45, 7) is 4.91. The van der Waals surface area contributed by atoms with Crippen LogP contribution in [0.5, 0.6) is 0 Å². The molecule has 5 rings (SSSR count). The van der Waals surface area contributed by atoms with Crippen LogP contribution in [-0.4, -0.2) is 50.3 Å². The molecule has 186 valence electrons. The van der Waals surface area contributed by atoms with Gasteiger partial charge in [0.1, 0.15) is 11.6 Å². The summed E-state index contributed by atoms with van der Waals surface area (Å²) in [7, 11) is 0. The Morgan fingerprint density at radius 3 is 2.80 bits per heavy atom. The van der Waals surface area contributed by atoms with Gasteiger partial charge in [-0.25, -0.2) is 14.2 Å². The van der Waals surface area contributed by atoms with Crippen LogP contribution in [0.1, 0.15) is 54.4 Å². The van der Waals surface area contributed by atoms with Crippen molar-refractivity contribution in [1.82, 2.24) is 19.6 Å². The molecule has 2 aliphatic heterocycles. The molecule has 0 saturated carbocycles. The Balaban J connectivity index is 0.00000289. The molecule has 0 atom stereocenters. The number of aromatic nitrogens is 3. The van der Waals surface area contributed by atoms with E-state index in [1.165, 1.54) is 12.1 Å². The molecule has 2 aliphatic rings. The maximum Gasteiger partial charge on any atom is 0.328 e. The van der Waals surface area contributed by atoms with Crippen molar-refractivity contribution in [2.45, 2.75) is 51.5 Å². The SMILES string of the molecule is Cc1nc2n(c(=O)c1CCN1CCC(c3noc4cc(F)ccc34)CC1)CCC/C2=C\C(=O)O.Cl. The van der Waals surface area contributed by atoms with E-state index in [1.807, 2.05) is 6.92 Å². The molecule has 1 fully saturated rings. The molecule has 0 amide bonds. The van der Waals surface area contributed by atoms with Crippen molar-refractivity contribution < 1.29 is 18.8 Å². The van der Waals surface area contributed by atoms with Crippen molar-refractivity contribution in [3.63, 3.8) is 0 Å². The van der Waals surface area contributed by atoms with E-state index in [1.54, 1.807) is 10.6 Å². The Hall–Kier alpha value is -3.04. The number of halogens is 2. The predicted octanol–water partition coefficient (Wildman–Crippen LogP) is 3.94. The van der Waals surface area contributed by atoms with E-state index < -0.39 is 5.97 Å². The maximum absolute atomic E-state index is 13.4. The Kier molecular flexibility index (Phi) is 7.37. The maximum atomic E-state index is 13.4. The summed E-state index contributed by atoms with van der Waals surface area (Å²) in [4.78, 5) is 31.3. The zero-order valence-corrected chi connectivity index (χ0v) is 20.3. The second-order valence-electron chi connectivity index (χ2n) is 9.14. The average molecular weight is 503 g/mol. The Morgan fingerprint density at radius 1 is 1.29 bits per heavy atom. The molecule has 2 aromatic heterocycles. The Morgan fingerprint density at radius 2 is 2.06 bits per heavy atom. The topological polar surface area (TPSA) is 101 Å². The summed E-state index contributed by atoms with van der Waals surface area (Å²) in [5.41, 5.74) is 3.30. The minimum Gasteiger partial charge on any atom is -0.478 e. The van der Waals surface area contributed by atoms with Gasteiger partial charge in [0.25, 0.3) is 5.56 Å². The van der Waals surface area contributed by atoms with Crippen LogP contribution in [0.25, 0.3) is 16.5 Å². The van der Waals surface area contributed by atoms with Crippen molar-refractivity contribution in [2.75, 3.05) is 19.6 Å². The van der Waals surface area contributed by atoms with Gasteiger partial charge in [0.2, 0.25) is 0 Å². The van der Waals surface area contributed by atoms with Crippen LogP contribution in [0.2, 0.25) is 0 Å². The lowest BCUT2D eigenvalue weighted by atomic mass is 9.91. The van der Waals surface area contributed by atoms with Gasteiger partial charge in [0.05, 0.1) is 5.69 Å². The van der Waals surface area contributed by atoms with Crippen LogP contribution in [0.4, 0.5) is 4.39 Å². The van der Waals surface area contributed by atoms with Gasteiger partial charge in [-0.3, -0.25) is 9.36 Å². The fraction of sp³-hybridized carbons (Fsp3) is 0.440. The van der Waals surface area contributed by atoms with E-state index in [-0.39, 0.29) is 29.7 Å². The number of allylic oxidation sites excluding steroid dienone is 1. The number of hydrogen-bond acceptors (Lipinski definition) is 6. The van der Waals surface area contributed by atoms with Crippen molar-refractivity contribution in [2.24, 2.45) is 0 Å². The minimum absolute atomic E-state index is 0. The molecule has 0 unspecified atom stereocenters. The molecule has 1 saturated heterocycles. The number of fused-ring (bicyclic) bond motifs is 2. The highest BCUT2D eigenvalue weighted by Gasteiger charge is 2.26. The number of aliphatic carboxylic acids is 1. The lowest BCUT2D eigenvalue weighted by Crippen LogP contribution is -2.37. The van der Waals surface area contributed by atoms with Gasteiger partial charge in [-0.15, -0.1) is 12.4 Å². The molecular formula is C25H28ClFN4O4. The molecule has 10 heteroatoms. The van der Waals surface area contributed by atoms with Crippen LogP contribution in [0.3, 0.4) is 0 Å². The summed E-state index contributed by atoms with van der Waals surface area (Å²) in [6, 6.07) is 4.54. The fourth-order valence-electron chi connectivity index (χ4n) is 5.19. The highest BCUT2D eigenvalue weighted by atomic mass is 35.5. The van der Waals surface area contributed by atoms with E-state index in [9.17, 15) is 14.0 Å². The number of carboxylic acids is 1. The van der Waals surface area contributed by atoms with Crippen LogP contribution in [-0.2, 0) is 17.8 Å². The first-order valence-corrected chi connectivity index (χ1v) is 11.7. The molecule has 0 bridgehead atoms. The van der Waals surface area contributed by atoms with Crippen LogP contribution in [0, 0.1) is 12.7 Å². The van der Waals surface area contributed by atoms with Gasteiger partial charge < -0.3 is 14.5 Å². The molecule has 3 aromatic rings. The van der Waals surface area contributed by atoms with Gasteiger partial charge in [-0.2, -0.15) is 0 Å². The largest absolute Gasteiger partial charge is 0.478 e. The molecule has 1 N–H and O–H groups in total. The first-order chi connectivity index (χ1) is 16.4. The third-order valence-corrected chi connectivity index (χ3v) is 7.00. The molecule has 35 heavy (non-hydrogen) atoms. The summed E-state index contributed by atoms with van der Waals surface area (Å²) in [5.74, 6) is -0.601.